The van der Waals surface area contributed by atoms with E-state index in [-0.39, 0.29) is 18.1 Å². The molecule has 0 spiro atoms. The van der Waals surface area contributed by atoms with Crippen molar-refractivity contribution in [3.05, 3.63) is 0 Å². The first-order chi connectivity index (χ1) is 7.92. The molecule has 1 amide bonds. The Morgan fingerprint density at radius 2 is 1.88 bits per heavy atom. The molecule has 0 saturated carbocycles. The summed E-state index contributed by atoms with van der Waals surface area (Å²) in [6.45, 7) is 10.2. The van der Waals surface area contributed by atoms with Gasteiger partial charge in [0.2, 0.25) is 5.91 Å². The van der Waals surface area contributed by atoms with Crippen LogP contribution in [0.2, 0.25) is 0 Å². The molecule has 1 aliphatic rings. The fourth-order valence-corrected chi connectivity index (χ4v) is 2.25. The molecule has 17 heavy (non-hydrogen) atoms. The lowest BCUT2D eigenvalue weighted by molar-refractivity contribution is -0.142. The summed E-state index contributed by atoms with van der Waals surface area (Å²) in [7, 11) is 0. The predicted octanol–water partition coefficient (Wildman–Crippen LogP) is 2.84. The SMILES string of the molecule is CCCC1CCN(C(=O)COC(C)(C)C)CC1. The zero-order valence-corrected chi connectivity index (χ0v) is 11.8. The summed E-state index contributed by atoms with van der Waals surface area (Å²) in [6, 6.07) is 0. The predicted molar refractivity (Wildman–Crippen MR) is 69.9 cm³/mol. The molecule has 0 N–H and O–H groups in total. The molecular weight excluding hydrogens is 214 g/mol. The molecule has 0 aliphatic carbocycles. The summed E-state index contributed by atoms with van der Waals surface area (Å²) >= 11 is 0. The fourth-order valence-electron chi connectivity index (χ4n) is 2.25. The standard InChI is InChI=1S/C14H27NO2/c1-5-6-12-7-9-15(10-8-12)13(16)11-17-14(2,3)4/h12H,5-11H2,1-4H3. The van der Waals surface area contributed by atoms with Crippen LogP contribution in [0, 0.1) is 5.92 Å². The van der Waals surface area contributed by atoms with Crippen molar-refractivity contribution in [1.82, 2.24) is 4.90 Å². The van der Waals surface area contributed by atoms with Gasteiger partial charge in [0.1, 0.15) is 6.61 Å². The number of nitrogens with zero attached hydrogens (tertiary/aromatic N) is 1. The highest BCUT2D eigenvalue weighted by Gasteiger charge is 2.23. The van der Waals surface area contributed by atoms with Gasteiger partial charge in [-0.1, -0.05) is 19.8 Å². The van der Waals surface area contributed by atoms with Gasteiger partial charge < -0.3 is 9.64 Å². The average molecular weight is 241 g/mol. The number of carbonyl (C=O) groups is 1. The Labute approximate surface area is 106 Å². The van der Waals surface area contributed by atoms with Gasteiger partial charge in [0.15, 0.2) is 0 Å². The van der Waals surface area contributed by atoms with Gasteiger partial charge in [-0.3, -0.25) is 4.79 Å². The Hall–Kier alpha value is -0.570. The molecule has 1 saturated heterocycles. The molecule has 0 unspecified atom stereocenters. The smallest absolute Gasteiger partial charge is 0.248 e. The third-order valence-corrected chi connectivity index (χ3v) is 3.29. The third-order valence-electron chi connectivity index (χ3n) is 3.29. The van der Waals surface area contributed by atoms with E-state index >= 15 is 0 Å². The lowest BCUT2D eigenvalue weighted by atomic mass is 9.92. The first-order valence-electron chi connectivity index (χ1n) is 6.84. The van der Waals surface area contributed by atoms with Crippen molar-refractivity contribution in [2.24, 2.45) is 5.92 Å². The molecule has 0 aromatic rings. The van der Waals surface area contributed by atoms with Gasteiger partial charge in [0.05, 0.1) is 5.60 Å². The molecule has 3 nitrogen and oxygen atoms in total. The van der Waals surface area contributed by atoms with Crippen LogP contribution in [0.1, 0.15) is 53.4 Å². The van der Waals surface area contributed by atoms with E-state index in [1.54, 1.807) is 0 Å². The minimum Gasteiger partial charge on any atom is -0.366 e. The van der Waals surface area contributed by atoms with Crippen molar-refractivity contribution < 1.29 is 9.53 Å². The molecule has 1 heterocycles. The molecule has 1 rings (SSSR count). The Bertz CT molecular complexity index is 237. The maximum absolute atomic E-state index is 11.9. The van der Waals surface area contributed by atoms with Crippen LogP contribution < -0.4 is 0 Å². The first kappa shape index (κ1) is 14.5. The highest BCUT2D eigenvalue weighted by molar-refractivity contribution is 5.77. The van der Waals surface area contributed by atoms with Crippen LogP contribution in [0.25, 0.3) is 0 Å². The van der Waals surface area contributed by atoms with Crippen LogP contribution in [-0.2, 0) is 9.53 Å². The Kier molecular flexibility index (Phi) is 5.44. The zero-order valence-electron chi connectivity index (χ0n) is 11.8. The van der Waals surface area contributed by atoms with E-state index in [2.05, 4.69) is 6.92 Å². The van der Waals surface area contributed by atoms with Gasteiger partial charge in [-0.25, -0.2) is 0 Å². The molecular formula is C14H27NO2. The Balaban J connectivity index is 2.26. The summed E-state index contributed by atoms with van der Waals surface area (Å²) in [5.74, 6) is 0.974. The monoisotopic (exact) mass is 241 g/mol. The maximum atomic E-state index is 11.9. The number of hydrogen-bond donors (Lipinski definition) is 0. The van der Waals surface area contributed by atoms with Crippen molar-refractivity contribution in [2.45, 2.75) is 59.0 Å². The molecule has 0 atom stereocenters. The van der Waals surface area contributed by atoms with Gasteiger partial charge >= 0.3 is 0 Å². The van der Waals surface area contributed by atoms with Gasteiger partial charge in [0.25, 0.3) is 0 Å². The minimum atomic E-state index is -0.226. The third kappa shape index (κ3) is 5.53. The van der Waals surface area contributed by atoms with E-state index in [1.165, 1.54) is 12.8 Å². The summed E-state index contributed by atoms with van der Waals surface area (Å²) in [6.07, 6.45) is 4.89. The number of piperidine rings is 1. The molecule has 100 valence electrons. The van der Waals surface area contributed by atoms with Crippen LogP contribution in [0.5, 0.6) is 0 Å². The van der Waals surface area contributed by atoms with Crippen molar-refractivity contribution in [3.8, 4) is 0 Å². The van der Waals surface area contributed by atoms with E-state index in [9.17, 15) is 4.79 Å². The van der Waals surface area contributed by atoms with Crippen LogP contribution in [-0.4, -0.2) is 36.1 Å². The minimum absolute atomic E-state index is 0.148. The summed E-state index contributed by atoms with van der Waals surface area (Å²) in [5, 5.41) is 0. The molecule has 1 aliphatic heterocycles. The molecule has 0 bridgehead atoms. The Morgan fingerprint density at radius 3 is 2.35 bits per heavy atom. The van der Waals surface area contributed by atoms with Crippen LogP contribution in [0.3, 0.4) is 0 Å². The maximum Gasteiger partial charge on any atom is 0.248 e. The average Bonchev–Trinajstić information content (AvgIpc) is 2.26. The zero-order chi connectivity index (χ0) is 12.9. The second-order valence-corrected chi connectivity index (χ2v) is 6.01. The largest absolute Gasteiger partial charge is 0.366 e. The lowest BCUT2D eigenvalue weighted by Gasteiger charge is -2.32. The second kappa shape index (κ2) is 6.39. The van der Waals surface area contributed by atoms with E-state index < -0.39 is 0 Å². The number of carbonyl (C=O) groups excluding carboxylic acids is 1. The molecule has 0 aromatic heterocycles. The topological polar surface area (TPSA) is 29.5 Å². The fraction of sp³-hybridized carbons (Fsp3) is 0.929. The number of rotatable bonds is 4. The van der Waals surface area contributed by atoms with Crippen molar-refractivity contribution in [1.29, 1.82) is 0 Å². The normalized spacial score (nSPS) is 18.5. The van der Waals surface area contributed by atoms with Gasteiger partial charge in [-0.05, 0) is 39.5 Å². The number of ether oxygens (including phenoxy) is 1. The summed E-state index contributed by atoms with van der Waals surface area (Å²) in [5.41, 5.74) is -0.226. The van der Waals surface area contributed by atoms with Crippen LogP contribution in [0.15, 0.2) is 0 Å². The van der Waals surface area contributed by atoms with E-state index in [0.717, 1.165) is 31.8 Å². The number of amides is 1. The summed E-state index contributed by atoms with van der Waals surface area (Å²) in [4.78, 5) is 13.9. The highest BCUT2D eigenvalue weighted by atomic mass is 16.5. The lowest BCUT2D eigenvalue weighted by Crippen LogP contribution is -2.41. The van der Waals surface area contributed by atoms with Crippen molar-refractivity contribution in [2.75, 3.05) is 19.7 Å². The molecule has 0 radical (unpaired) electrons. The van der Waals surface area contributed by atoms with Crippen LogP contribution in [0.4, 0.5) is 0 Å². The Morgan fingerprint density at radius 1 is 1.29 bits per heavy atom. The number of likely N-dealkylation sites (tertiary alicyclic amines) is 1. The van der Waals surface area contributed by atoms with E-state index in [4.69, 9.17) is 4.74 Å². The van der Waals surface area contributed by atoms with E-state index in [1.807, 2.05) is 25.7 Å². The quantitative estimate of drug-likeness (QED) is 0.757. The van der Waals surface area contributed by atoms with Crippen molar-refractivity contribution >= 4 is 5.91 Å². The number of hydrogen-bond acceptors (Lipinski definition) is 2. The van der Waals surface area contributed by atoms with Crippen molar-refractivity contribution in [3.63, 3.8) is 0 Å². The van der Waals surface area contributed by atoms with Crippen LogP contribution >= 0.6 is 0 Å². The highest BCUT2D eigenvalue weighted by Crippen LogP contribution is 2.21. The van der Waals surface area contributed by atoms with Gasteiger partial charge in [-0.15, -0.1) is 0 Å². The summed E-state index contributed by atoms with van der Waals surface area (Å²) < 4.78 is 5.53. The first-order valence-corrected chi connectivity index (χ1v) is 6.84. The second-order valence-electron chi connectivity index (χ2n) is 6.01. The van der Waals surface area contributed by atoms with Gasteiger partial charge in [0, 0.05) is 13.1 Å². The molecule has 0 aromatic carbocycles. The molecule has 1 fully saturated rings. The molecule has 3 heteroatoms. The van der Waals surface area contributed by atoms with Gasteiger partial charge in [-0.2, -0.15) is 0 Å². The van der Waals surface area contributed by atoms with E-state index in [0.29, 0.717) is 0 Å².